The second-order valence-electron chi connectivity index (χ2n) is 2.77. The molecule has 6 nitrogen and oxygen atoms in total. The van der Waals surface area contributed by atoms with Crippen molar-refractivity contribution in [3.05, 3.63) is 0 Å². The number of carboxylic acid groups (broad SMARTS) is 1. The average molecular weight is 190 g/mol. The highest BCUT2D eigenvalue weighted by atomic mass is 16.4. The molecule has 0 radical (unpaired) electrons. The fourth-order valence-corrected chi connectivity index (χ4v) is 0.597. The highest BCUT2D eigenvalue weighted by molar-refractivity contribution is 5.74. The van der Waals surface area contributed by atoms with Gasteiger partial charge in [0.1, 0.15) is 0 Å². The Morgan fingerprint density at radius 1 is 1.46 bits per heavy atom. The molecule has 0 spiro atoms. The number of urea groups is 1. The molecule has 0 saturated carbocycles. The Labute approximate surface area is 76.2 Å². The smallest absolute Gasteiger partial charge is 0.332 e. The summed E-state index contributed by atoms with van der Waals surface area (Å²) in [6.45, 7) is 0.143. The van der Waals surface area contributed by atoms with Crippen LogP contribution in [0.2, 0.25) is 0 Å². The van der Waals surface area contributed by atoms with E-state index < -0.39 is 12.1 Å². The average Bonchev–Trinajstić information content (AvgIpc) is 2.03. The first-order valence-electron chi connectivity index (χ1n) is 3.81. The van der Waals surface area contributed by atoms with Crippen molar-refractivity contribution in [3.8, 4) is 0 Å². The molecule has 13 heavy (non-hydrogen) atoms. The minimum absolute atomic E-state index is 0.00884. The molecular weight excluding hydrogens is 176 g/mol. The molecule has 76 valence electrons. The second-order valence-corrected chi connectivity index (χ2v) is 2.77. The van der Waals surface area contributed by atoms with E-state index in [1.54, 1.807) is 14.1 Å². The Morgan fingerprint density at radius 2 is 2.00 bits per heavy atom. The molecule has 0 aromatic rings. The Balaban J connectivity index is 3.56. The lowest BCUT2D eigenvalue weighted by Gasteiger charge is -2.12. The topological polar surface area (TPSA) is 89.9 Å². The lowest BCUT2D eigenvalue weighted by Crippen LogP contribution is -2.36. The summed E-state index contributed by atoms with van der Waals surface area (Å²) in [5.41, 5.74) is 0. The van der Waals surface area contributed by atoms with Gasteiger partial charge in [0.2, 0.25) is 0 Å². The van der Waals surface area contributed by atoms with Crippen molar-refractivity contribution in [3.63, 3.8) is 0 Å². The van der Waals surface area contributed by atoms with Crippen molar-refractivity contribution in [2.24, 2.45) is 0 Å². The maximum atomic E-state index is 10.9. The summed E-state index contributed by atoms with van der Waals surface area (Å²) < 4.78 is 0. The predicted octanol–water partition coefficient (Wildman–Crippen LogP) is -0.907. The van der Waals surface area contributed by atoms with Crippen molar-refractivity contribution in [2.75, 3.05) is 20.6 Å². The molecule has 2 amide bonds. The number of hydrogen-bond acceptors (Lipinski definition) is 3. The third-order valence-corrected chi connectivity index (χ3v) is 1.39. The van der Waals surface area contributed by atoms with Gasteiger partial charge in [-0.05, 0) is 0 Å². The lowest BCUT2D eigenvalue weighted by atomic mass is 10.2. The fourth-order valence-electron chi connectivity index (χ4n) is 0.597. The van der Waals surface area contributed by atoms with E-state index in [9.17, 15) is 9.59 Å². The van der Waals surface area contributed by atoms with Crippen LogP contribution in [0.25, 0.3) is 0 Å². The monoisotopic (exact) mass is 190 g/mol. The molecule has 3 N–H and O–H groups in total. The van der Waals surface area contributed by atoms with E-state index in [4.69, 9.17) is 10.2 Å². The first-order valence-corrected chi connectivity index (χ1v) is 3.81. The van der Waals surface area contributed by atoms with E-state index in [0.717, 1.165) is 0 Å². The Kier molecular flexibility index (Phi) is 4.83. The van der Waals surface area contributed by atoms with Gasteiger partial charge in [0, 0.05) is 27.1 Å². The number of aliphatic carboxylic acids is 1. The van der Waals surface area contributed by atoms with Gasteiger partial charge in [-0.15, -0.1) is 0 Å². The van der Waals surface area contributed by atoms with Crippen LogP contribution >= 0.6 is 0 Å². The number of aliphatic hydroxyl groups is 1. The van der Waals surface area contributed by atoms with Gasteiger partial charge < -0.3 is 20.4 Å². The van der Waals surface area contributed by atoms with Gasteiger partial charge in [0.25, 0.3) is 0 Å². The van der Waals surface area contributed by atoms with Crippen LogP contribution in [0.1, 0.15) is 6.42 Å². The number of carbonyl (C=O) groups is 2. The second kappa shape index (κ2) is 5.36. The van der Waals surface area contributed by atoms with Crippen LogP contribution in [-0.2, 0) is 4.79 Å². The largest absolute Gasteiger partial charge is 0.479 e. The number of aliphatic hydroxyl groups excluding tert-OH is 1. The summed E-state index contributed by atoms with van der Waals surface area (Å²) >= 11 is 0. The molecule has 0 aromatic heterocycles. The van der Waals surface area contributed by atoms with Crippen LogP contribution in [-0.4, -0.2) is 53.9 Å². The normalized spacial score (nSPS) is 11.9. The van der Waals surface area contributed by atoms with Crippen LogP contribution in [0.4, 0.5) is 4.79 Å². The summed E-state index contributed by atoms with van der Waals surface area (Å²) in [6.07, 6.45) is -1.41. The van der Waals surface area contributed by atoms with E-state index in [2.05, 4.69) is 5.32 Å². The lowest BCUT2D eigenvalue weighted by molar-refractivity contribution is -0.146. The Morgan fingerprint density at radius 3 is 2.38 bits per heavy atom. The third kappa shape index (κ3) is 5.02. The van der Waals surface area contributed by atoms with Gasteiger partial charge in [-0.2, -0.15) is 0 Å². The molecular formula is C7H14N2O4. The number of rotatable bonds is 4. The first kappa shape index (κ1) is 11.7. The van der Waals surface area contributed by atoms with E-state index in [1.807, 2.05) is 0 Å². The van der Waals surface area contributed by atoms with Crippen molar-refractivity contribution >= 4 is 12.0 Å². The summed E-state index contributed by atoms with van der Waals surface area (Å²) in [7, 11) is 3.14. The minimum atomic E-state index is -1.41. The molecule has 1 atom stereocenters. The quantitative estimate of drug-likeness (QED) is 0.535. The molecule has 0 aliphatic carbocycles. The minimum Gasteiger partial charge on any atom is -0.479 e. The molecule has 1 unspecified atom stereocenters. The Bertz CT molecular complexity index is 193. The third-order valence-electron chi connectivity index (χ3n) is 1.39. The number of carbonyl (C=O) groups excluding carboxylic acids is 1. The van der Waals surface area contributed by atoms with Gasteiger partial charge >= 0.3 is 12.0 Å². The van der Waals surface area contributed by atoms with Gasteiger partial charge in [-0.1, -0.05) is 0 Å². The zero-order valence-corrected chi connectivity index (χ0v) is 7.65. The molecule has 0 saturated heterocycles. The summed E-state index contributed by atoms with van der Waals surface area (Å²) in [6, 6.07) is -0.308. The summed E-state index contributed by atoms with van der Waals surface area (Å²) in [4.78, 5) is 22.3. The summed E-state index contributed by atoms with van der Waals surface area (Å²) in [5.74, 6) is -1.28. The van der Waals surface area contributed by atoms with E-state index in [-0.39, 0.29) is 19.0 Å². The van der Waals surface area contributed by atoms with E-state index in [1.165, 1.54) is 4.90 Å². The van der Waals surface area contributed by atoms with Crippen LogP contribution < -0.4 is 5.32 Å². The zero-order chi connectivity index (χ0) is 10.4. The number of nitrogens with one attached hydrogen (secondary N) is 1. The highest BCUT2D eigenvalue weighted by Gasteiger charge is 2.12. The van der Waals surface area contributed by atoms with Crippen LogP contribution in [0.15, 0.2) is 0 Å². The maximum absolute atomic E-state index is 10.9. The molecule has 0 fully saturated rings. The van der Waals surface area contributed by atoms with Gasteiger partial charge in [-0.25, -0.2) is 9.59 Å². The number of nitrogens with zero attached hydrogens (tertiary/aromatic N) is 1. The van der Waals surface area contributed by atoms with Crippen LogP contribution in [0.5, 0.6) is 0 Å². The van der Waals surface area contributed by atoms with Crippen molar-refractivity contribution < 1.29 is 19.8 Å². The number of amides is 2. The van der Waals surface area contributed by atoms with Crippen molar-refractivity contribution in [1.82, 2.24) is 10.2 Å². The predicted molar refractivity (Wildman–Crippen MR) is 45.3 cm³/mol. The number of carboxylic acids is 1. The van der Waals surface area contributed by atoms with Gasteiger partial charge in [0.15, 0.2) is 6.10 Å². The van der Waals surface area contributed by atoms with Gasteiger partial charge in [0.05, 0.1) is 0 Å². The first-order chi connectivity index (χ1) is 5.95. The summed E-state index contributed by atoms with van der Waals surface area (Å²) in [5, 5.41) is 19.5. The van der Waals surface area contributed by atoms with Crippen molar-refractivity contribution in [2.45, 2.75) is 12.5 Å². The van der Waals surface area contributed by atoms with E-state index >= 15 is 0 Å². The molecule has 0 heterocycles. The molecule has 0 aliphatic heterocycles. The van der Waals surface area contributed by atoms with Crippen molar-refractivity contribution in [1.29, 1.82) is 0 Å². The molecule has 6 heteroatoms. The fraction of sp³-hybridized carbons (Fsp3) is 0.714. The SMILES string of the molecule is CN(C)C(=O)NCCC(O)C(=O)O. The molecule has 0 aromatic carbocycles. The molecule has 0 aliphatic rings. The zero-order valence-electron chi connectivity index (χ0n) is 7.65. The van der Waals surface area contributed by atoms with Crippen LogP contribution in [0.3, 0.4) is 0 Å². The molecule has 0 rings (SSSR count). The highest BCUT2D eigenvalue weighted by Crippen LogP contribution is 1.89. The molecule has 0 bridgehead atoms. The van der Waals surface area contributed by atoms with Crippen LogP contribution in [0, 0.1) is 0 Å². The van der Waals surface area contributed by atoms with Gasteiger partial charge in [-0.3, -0.25) is 0 Å². The Hall–Kier alpha value is -1.30. The number of hydrogen-bond donors (Lipinski definition) is 3. The van der Waals surface area contributed by atoms with E-state index in [0.29, 0.717) is 0 Å². The maximum Gasteiger partial charge on any atom is 0.332 e. The standard InChI is InChI=1S/C7H14N2O4/c1-9(2)7(13)8-4-3-5(10)6(11)12/h5,10H,3-4H2,1-2H3,(H,8,13)(H,11,12).